The topological polar surface area (TPSA) is 82.5 Å². The predicted molar refractivity (Wildman–Crippen MR) is 84.2 cm³/mol. The molecule has 2 rings (SSSR count). The van der Waals surface area contributed by atoms with Crippen molar-refractivity contribution in [2.45, 2.75) is 25.8 Å². The van der Waals surface area contributed by atoms with Crippen molar-refractivity contribution in [1.29, 1.82) is 0 Å². The third-order valence-corrected chi connectivity index (χ3v) is 3.08. The Morgan fingerprint density at radius 3 is 2.77 bits per heavy atom. The van der Waals surface area contributed by atoms with Crippen LogP contribution in [0.5, 0.6) is 0 Å². The number of carbonyl (C=O) groups is 1. The first-order valence-corrected chi connectivity index (χ1v) is 7.24. The lowest BCUT2D eigenvalue weighted by atomic mass is 10.1. The number of amides is 1. The summed E-state index contributed by atoms with van der Waals surface area (Å²) in [4.78, 5) is 20.1. The smallest absolute Gasteiger partial charge is 0.217 e. The lowest BCUT2D eigenvalue weighted by Crippen LogP contribution is -2.12. The number of aromatic nitrogens is 2. The number of oxime groups is 1. The highest BCUT2D eigenvalue weighted by molar-refractivity contribution is 6.00. The number of unbranched alkanes of at least 4 members (excludes halogenated alkanes) is 1. The van der Waals surface area contributed by atoms with Crippen LogP contribution < -0.4 is 5.73 Å². The molecule has 22 heavy (non-hydrogen) atoms. The molecule has 0 radical (unpaired) electrons. The van der Waals surface area contributed by atoms with Crippen LogP contribution in [0.4, 0.5) is 0 Å². The second kappa shape index (κ2) is 8.61. The van der Waals surface area contributed by atoms with Gasteiger partial charge >= 0.3 is 0 Å². The van der Waals surface area contributed by atoms with E-state index >= 15 is 0 Å². The van der Waals surface area contributed by atoms with Gasteiger partial charge in [-0.15, -0.1) is 0 Å². The average molecular weight is 300 g/mol. The van der Waals surface area contributed by atoms with Gasteiger partial charge in [0.1, 0.15) is 12.3 Å². The molecule has 1 aromatic heterocycles. The van der Waals surface area contributed by atoms with Gasteiger partial charge in [0.05, 0.1) is 12.9 Å². The van der Waals surface area contributed by atoms with Gasteiger partial charge in [-0.05, 0) is 12.8 Å². The predicted octanol–water partition coefficient (Wildman–Crippen LogP) is 1.96. The summed E-state index contributed by atoms with van der Waals surface area (Å²) in [5.74, 6) is -0.284. The number of nitrogens with two attached hydrogens (primary N) is 1. The summed E-state index contributed by atoms with van der Waals surface area (Å²) in [5, 5.41) is 4.24. The Balaban J connectivity index is 1.92. The van der Waals surface area contributed by atoms with Crippen molar-refractivity contribution in [3.63, 3.8) is 0 Å². The van der Waals surface area contributed by atoms with Crippen molar-refractivity contribution in [1.82, 2.24) is 9.55 Å². The summed E-state index contributed by atoms with van der Waals surface area (Å²) in [7, 11) is 0. The van der Waals surface area contributed by atoms with Crippen LogP contribution in [-0.4, -0.2) is 27.8 Å². The number of benzene rings is 1. The highest BCUT2D eigenvalue weighted by Gasteiger charge is 2.05. The number of rotatable bonds is 9. The third-order valence-electron chi connectivity index (χ3n) is 3.08. The van der Waals surface area contributed by atoms with Gasteiger partial charge in [-0.1, -0.05) is 35.5 Å². The Morgan fingerprint density at radius 2 is 2.09 bits per heavy atom. The SMILES string of the molecule is NC(=O)CCCCO/N=C(/Cn1ccnc1)c1ccccc1. The molecule has 2 aromatic rings. The first-order valence-electron chi connectivity index (χ1n) is 7.24. The van der Waals surface area contributed by atoms with E-state index in [4.69, 9.17) is 10.6 Å². The minimum atomic E-state index is -0.284. The number of hydrogen-bond acceptors (Lipinski definition) is 4. The fourth-order valence-corrected chi connectivity index (χ4v) is 1.95. The summed E-state index contributed by atoms with van der Waals surface area (Å²) in [6.07, 6.45) is 7.20. The molecule has 6 nitrogen and oxygen atoms in total. The Kier molecular flexibility index (Phi) is 6.17. The molecule has 0 unspecified atom stereocenters. The van der Waals surface area contributed by atoms with Crippen LogP contribution in [0.25, 0.3) is 0 Å². The summed E-state index contributed by atoms with van der Waals surface area (Å²) in [6.45, 7) is 1.05. The molecular formula is C16H20N4O2. The maximum Gasteiger partial charge on any atom is 0.217 e. The van der Waals surface area contributed by atoms with E-state index in [-0.39, 0.29) is 5.91 Å². The van der Waals surface area contributed by atoms with E-state index in [1.807, 2.05) is 41.1 Å². The number of imidazole rings is 1. The quantitative estimate of drug-likeness (QED) is 0.436. The van der Waals surface area contributed by atoms with Crippen LogP contribution in [0.3, 0.4) is 0 Å². The standard InChI is InChI=1S/C16H20N4O2/c17-16(21)8-4-5-11-22-19-15(12-20-10-9-18-13-20)14-6-2-1-3-7-14/h1-3,6-7,9-10,13H,4-5,8,11-12H2,(H2,17,21)/b19-15-. The molecule has 0 fully saturated rings. The Morgan fingerprint density at radius 1 is 1.27 bits per heavy atom. The highest BCUT2D eigenvalue weighted by Crippen LogP contribution is 2.05. The van der Waals surface area contributed by atoms with E-state index in [0.717, 1.165) is 17.7 Å². The Bertz CT molecular complexity index is 594. The molecule has 0 bridgehead atoms. The van der Waals surface area contributed by atoms with Gasteiger partial charge in [-0.25, -0.2) is 4.98 Å². The molecule has 1 amide bonds. The largest absolute Gasteiger partial charge is 0.396 e. The van der Waals surface area contributed by atoms with Gasteiger partial charge in [0.25, 0.3) is 0 Å². The van der Waals surface area contributed by atoms with E-state index < -0.39 is 0 Å². The molecule has 116 valence electrons. The van der Waals surface area contributed by atoms with E-state index in [9.17, 15) is 4.79 Å². The number of hydrogen-bond donors (Lipinski definition) is 1. The van der Waals surface area contributed by atoms with Crippen molar-refractivity contribution in [2.75, 3.05) is 6.61 Å². The fourth-order valence-electron chi connectivity index (χ4n) is 1.95. The molecule has 0 aliphatic rings. The summed E-state index contributed by atoms with van der Waals surface area (Å²) >= 11 is 0. The first kappa shape index (κ1) is 15.8. The highest BCUT2D eigenvalue weighted by atomic mass is 16.6. The average Bonchev–Trinajstić information content (AvgIpc) is 3.03. The monoisotopic (exact) mass is 300 g/mol. The third kappa shape index (κ3) is 5.40. The van der Waals surface area contributed by atoms with Crippen LogP contribution in [0.1, 0.15) is 24.8 Å². The van der Waals surface area contributed by atoms with E-state index in [1.165, 1.54) is 0 Å². The molecular weight excluding hydrogens is 280 g/mol. The van der Waals surface area contributed by atoms with E-state index in [0.29, 0.717) is 26.0 Å². The van der Waals surface area contributed by atoms with Crippen molar-refractivity contribution in [3.8, 4) is 0 Å². The molecule has 1 aromatic carbocycles. The maximum atomic E-state index is 10.6. The summed E-state index contributed by atoms with van der Waals surface area (Å²) in [6, 6.07) is 9.87. The lowest BCUT2D eigenvalue weighted by molar-refractivity contribution is -0.118. The van der Waals surface area contributed by atoms with E-state index in [2.05, 4.69) is 10.1 Å². The molecule has 6 heteroatoms. The van der Waals surface area contributed by atoms with Gasteiger partial charge in [0.2, 0.25) is 5.91 Å². The normalized spacial score (nSPS) is 11.4. The zero-order valence-electron chi connectivity index (χ0n) is 12.4. The molecule has 0 atom stereocenters. The zero-order chi connectivity index (χ0) is 15.6. The van der Waals surface area contributed by atoms with Crippen LogP contribution in [-0.2, 0) is 16.2 Å². The van der Waals surface area contributed by atoms with Gasteiger partial charge in [-0.3, -0.25) is 4.79 Å². The zero-order valence-corrected chi connectivity index (χ0v) is 12.4. The summed E-state index contributed by atoms with van der Waals surface area (Å²) < 4.78 is 1.93. The van der Waals surface area contributed by atoms with Crippen LogP contribution >= 0.6 is 0 Å². The fraction of sp³-hybridized carbons (Fsp3) is 0.312. The number of nitrogens with zero attached hydrogens (tertiary/aromatic N) is 3. The second-order valence-corrected chi connectivity index (χ2v) is 4.90. The minimum absolute atomic E-state index is 0.284. The van der Waals surface area contributed by atoms with Crippen molar-refractivity contribution >= 4 is 11.6 Å². The minimum Gasteiger partial charge on any atom is -0.396 e. The van der Waals surface area contributed by atoms with Crippen LogP contribution in [0.2, 0.25) is 0 Å². The Labute approximate surface area is 129 Å². The first-order chi connectivity index (χ1) is 10.8. The number of carbonyl (C=O) groups excluding carboxylic acids is 1. The molecule has 1 heterocycles. The molecule has 0 saturated carbocycles. The molecule has 0 aliphatic heterocycles. The Hall–Kier alpha value is -2.63. The van der Waals surface area contributed by atoms with Crippen molar-refractivity contribution < 1.29 is 9.63 Å². The lowest BCUT2D eigenvalue weighted by Gasteiger charge is -2.08. The second-order valence-electron chi connectivity index (χ2n) is 4.90. The maximum absolute atomic E-state index is 10.6. The van der Waals surface area contributed by atoms with Gasteiger partial charge < -0.3 is 15.1 Å². The van der Waals surface area contributed by atoms with E-state index in [1.54, 1.807) is 12.5 Å². The van der Waals surface area contributed by atoms with Crippen LogP contribution in [0.15, 0.2) is 54.2 Å². The van der Waals surface area contributed by atoms with Crippen molar-refractivity contribution in [3.05, 3.63) is 54.6 Å². The molecule has 0 spiro atoms. The summed E-state index contributed by atoms with van der Waals surface area (Å²) in [5.41, 5.74) is 6.93. The van der Waals surface area contributed by atoms with Gasteiger partial charge in [0.15, 0.2) is 0 Å². The van der Waals surface area contributed by atoms with Gasteiger partial charge in [0, 0.05) is 24.4 Å². The molecule has 2 N–H and O–H groups in total. The molecule has 0 aliphatic carbocycles. The van der Waals surface area contributed by atoms with Crippen LogP contribution in [0, 0.1) is 0 Å². The van der Waals surface area contributed by atoms with Crippen molar-refractivity contribution in [2.24, 2.45) is 10.9 Å². The number of primary amides is 1. The van der Waals surface area contributed by atoms with Gasteiger partial charge in [-0.2, -0.15) is 0 Å². The molecule has 0 saturated heterocycles.